The number of nitrogens with zero attached hydrogens (tertiary/aromatic N) is 1. The van der Waals surface area contributed by atoms with Crippen LogP contribution in [0.2, 0.25) is 0 Å². The van der Waals surface area contributed by atoms with Gasteiger partial charge in [0.25, 0.3) is 0 Å². The quantitative estimate of drug-likeness (QED) is 0.386. The van der Waals surface area contributed by atoms with E-state index in [1.54, 1.807) is 0 Å². The molecule has 1 aliphatic heterocycles. The fourth-order valence-electron chi connectivity index (χ4n) is 2.75. The molecule has 0 aromatic rings. The summed E-state index contributed by atoms with van der Waals surface area (Å²) in [6, 6.07) is 0. The molecule has 2 aliphatic rings. The molecule has 4 atom stereocenters. The van der Waals surface area contributed by atoms with Crippen LogP contribution in [0.5, 0.6) is 0 Å². The molecule has 13 heavy (non-hydrogen) atoms. The number of halogens is 1. The molecule has 0 spiro atoms. The van der Waals surface area contributed by atoms with Crippen molar-refractivity contribution in [3.63, 3.8) is 0 Å². The van der Waals surface area contributed by atoms with Gasteiger partial charge in [-0.2, -0.15) is 0 Å². The van der Waals surface area contributed by atoms with Crippen LogP contribution in [0.4, 0.5) is 0 Å². The van der Waals surface area contributed by atoms with E-state index in [1.807, 2.05) is 22.9 Å². The van der Waals surface area contributed by atoms with Gasteiger partial charge in [-0.25, -0.2) is 3.11 Å². The number of carbonyl (C=O) groups excluding carboxylic acids is 2. The van der Waals surface area contributed by atoms with Gasteiger partial charge < -0.3 is 0 Å². The van der Waals surface area contributed by atoms with Gasteiger partial charge in [-0.3, -0.25) is 9.59 Å². The molecule has 0 aromatic carbocycles. The zero-order valence-corrected chi connectivity index (χ0v) is 9.82. The number of amides is 2. The highest BCUT2D eigenvalue weighted by atomic mass is 127. The summed E-state index contributed by atoms with van der Waals surface area (Å²) in [5.74, 6) is 0.728. The van der Waals surface area contributed by atoms with Crippen LogP contribution < -0.4 is 0 Å². The van der Waals surface area contributed by atoms with Crippen molar-refractivity contribution in [2.75, 3.05) is 0 Å². The van der Waals surface area contributed by atoms with Crippen LogP contribution in [0.3, 0.4) is 0 Å². The monoisotopic (exact) mass is 293 g/mol. The predicted molar refractivity (Wildman–Crippen MR) is 55.8 cm³/mol. The second-order valence-electron chi connectivity index (χ2n) is 4.20. The summed E-state index contributed by atoms with van der Waals surface area (Å²) in [6.07, 6.45) is 1.01. The van der Waals surface area contributed by atoms with Crippen LogP contribution in [0, 0.1) is 23.7 Å². The lowest BCUT2D eigenvalue weighted by atomic mass is 9.91. The normalized spacial score (nSPS) is 44.4. The van der Waals surface area contributed by atoms with Crippen LogP contribution >= 0.6 is 22.9 Å². The van der Waals surface area contributed by atoms with Gasteiger partial charge in [0.15, 0.2) is 0 Å². The molecule has 1 saturated carbocycles. The third-order valence-corrected chi connectivity index (χ3v) is 4.26. The van der Waals surface area contributed by atoms with Crippen molar-refractivity contribution in [3.05, 3.63) is 0 Å². The molecule has 1 heterocycles. The minimum Gasteiger partial charge on any atom is -0.273 e. The van der Waals surface area contributed by atoms with Gasteiger partial charge in [0.2, 0.25) is 11.8 Å². The second kappa shape index (κ2) is 2.93. The van der Waals surface area contributed by atoms with E-state index in [9.17, 15) is 9.59 Å². The molecule has 0 aromatic heterocycles. The molecule has 0 bridgehead atoms. The molecule has 1 aliphatic carbocycles. The van der Waals surface area contributed by atoms with Crippen LogP contribution in [0.15, 0.2) is 0 Å². The van der Waals surface area contributed by atoms with Gasteiger partial charge in [-0.05, 0) is 18.3 Å². The highest BCUT2D eigenvalue weighted by Gasteiger charge is 2.55. The van der Waals surface area contributed by atoms with Crippen LogP contribution in [0.25, 0.3) is 0 Å². The first kappa shape index (κ1) is 9.43. The van der Waals surface area contributed by atoms with Crippen molar-refractivity contribution in [3.8, 4) is 0 Å². The Balaban J connectivity index is 2.36. The van der Waals surface area contributed by atoms with Gasteiger partial charge in [-0.15, -0.1) is 0 Å². The number of hydrogen-bond donors (Lipinski definition) is 0. The van der Waals surface area contributed by atoms with E-state index in [0.29, 0.717) is 11.8 Å². The minimum absolute atomic E-state index is 0.0208. The first-order chi connectivity index (χ1) is 6.04. The van der Waals surface area contributed by atoms with Crippen LogP contribution in [-0.4, -0.2) is 14.9 Å². The zero-order valence-electron chi connectivity index (χ0n) is 7.66. The molecular weight excluding hydrogens is 281 g/mol. The Morgan fingerprint density at radius 3 is 1.92 bits per heavy atom. The van der Waals surface area contributed by atoms with Crippen LogP contribution in [0.1, 0.15) is 20.3 Å². The molecule has 2 rings (SSSR count). The Morgan fingerprint density at radius 1 is 1.15 bits per heavy atom. The Morgan fingerprint density at radius 2 is 1.54 bits per heavy atom. The van der Waals surface area contributed by atoms with Gasteiger partial charge in [0.1, 0.15) is 0 Å². The molecule has 3 nitrogen and oxygen atoms in total. The van der Waals surface area contributed by atoms with E-state index in [0.717, 1.165) is 6.42 Å². The lowest BCUT2D eigenvalue weighted by Gasteiger charge is -2.10. The molecule has 0 radical (unpaired) electrons. The number of imide groups is 1. The zero-order chi connectivity index (χ0) is 9.75. The Labute approximate surface area is 91.3 Å². The van der Waals surface area contributed by atoms with Gasteiger partial charge in [0, 0.05) is 0 Å². The SMILES string of the molecule is CC1CC(C)C2C(=O)N(I)C(=O)C12. The third kappa shape index (κ3) is 1.14. The topological polar surface area (TPSA) is 37.4 Å². The average Bonchev–Trinajstić information content (AvgIpc) is 2.47. The first-order valence-electron chi connectivity index (χ1n) is 4.57. The molecule has 2 fully saturated rings. The second-order valence-corrected chi connectivity index (χ2v) is 5.16. The molecule has 0 N–H and O–H groups in total. The fraction of sp³-hybridized carbons (Fsp3) is 0.778. The van der Waals surface area contributed by atoms with Crippen molar-refractivity contribution < 1.29 is 9.59 Å². The van der Waals surface area contributed by atoms with Crippen molar-refractivity contribution in [1.82, 2.24) is 3.11 Å². The van der Waals surface area contributed by atoms with E-state index in [4.69, 9.17) is 0 Å². The molecule has 2 amide bonds. The third-order valence-electron chi connectivity index (χ3n) is 3.31. The molecular formula is C9H12INO2. The van der Waals surface area contributed by atoms with E-state index in [1.165, 1.54) is 3.11 Å². The largest absolute Gasteiger partial charge is 0.273 e. The minimum atomic E-state index is -0.0283. The molecule has 72 valence electrons. The van der Waals surface area contributed by atoms with E-state index in [2.05, 4.69) is 13.8 Å². The summed E-state index contributed by atoms with van der Waals surface area (Å²) < 4.78 is 1.28. The average molecular weight is 293 g/mol. The number of carbonyl (C=O) groups is 2. The van der Waals surface area contributed by atoms with Crippen molar-refractivity contribution in [2.45, 2.75) is 20.3 Å². The Hall–Kier alpha value is -0.130. The summed E-state index contributed by atoms with van der Waals surface area (Å²) in [6.45, 7) is 4.14. The summed E-state index contributed by atoms with van der Waals surface area (Å²) in [4.78, 5) is 23.3. The lowest BCUT2D eigenvalue weighted by molar-refractivity contribution is -0.132. The van der Waals surface area contributed by atoms with Crippen molar-refractivity contribution in [2.24, 2.45) is 23.7 Å². The fourth-order valence-corrected chi connectivity index (χ4v) is 3.40. The maximum atomic E-state index is 11.7. The molecule has 1 saturated heterocycles. The van der Waals surface area contributed by atoms with E-state index in [-0.39, 0.29) is 23.7 Å². The maximum Gasteiger partial charge on any atom is 0.242 e. The molecule has 4 heteroatoms. The first-order valence-corrected chi connectivity index (χ1v) is 5.54. The molecule has 4 unspecified atom stereocenters. The smallest absolute Gasteiger partial charge is 0.242 e. The summed E-state index contributed by atoms with van der Waals surface area (Å²) in [5, 5.41) is 0. The summed E-state index contributed by atoms with van der Waals surface area (Å²) in [7, 11) is 0. The number of fused-ring (bicyclic) bond motifs is 1. The van der Waals surface area contributed by atoms with E-state index < -0.39 is 0 Å². The van der Waals surface area contributed by atoms with Gasteiger partial charge in [-0.1, -0.05) is 13.8 Å². The maximum absolute atomic E-state index is 11.7. The van der Waals surface area contributed by atoms with E-state index >= 15 is 0 Å². The van der Waals surface area contributed by atoms with Crippen molar-refractivity contribution in [1.29, 1.82) is 0 Å². The highest BCUT2D eigenvalue weighted by Crippen LogP contribution is 2.47. The Bertz CT molecular complexity index is 253. The van der Waals surface area contributed by atoms with Crippen LogP contribution in [-0.2, 0) is 9.59 Å². The highest BCUT2D eigenvalue weighted by molar-refractivity contribution is 14.1. The van der Waals surface area contributed by atoms with Gasteiger partial charge in [0.05, 0.1) is 34.7 Å². The lowest BCUT2D eigenvalue weighted by Crippen LogP contribution is -2.23. The Kier molecular flexibility index (Phi) is 2.13. The number of rotatable bonds is 0. The standard InChI is InChI=1S/C9H12INO2/c1-4-3-5(2)7-6(4)8(12)11(10)9(7)13/h4-7H,3H2,1-2H3. The van der Waals surface area contributed by atoms with Gasteiger partial charge >= 0.3 is 0 Å². The number of hydrogen-bond acceptors (Lipinski definition) is 2. The van der Waals surface area contributed by atoms with Crippen molar-refractivity contribution >= 4 is 34.7 Å². The summed E-state index contributed by atoms with van der Waals surface area (Å²) in [5.41, 5.74) is 0. The predicted octanol–water partition coefficient (Wildman–Crippen LogP) is 1.61. The summed E-state index contributed by atoms with van der Waals surface area (Å²) >= 11 is 1.83.